The van der Waals surface area contributed by atoms with Crippen molar-refractivity contribution in [3.63, 3.8) is 0 Å². The highest BCUT2D eigenvalue weighted by atomic mass is 16.7. The van der Waals surface area contributed by atoms with Gasteiger partial charge in [-0.3, -0.25) is 9.59 Å². The average Bonchev–Trinajstić information content (AvgIpc) is 3.56. The van der Waals surface area contributed by atoms with Crippen molar-refractivity contribution in [2.45, 2.75) is 64.3 Å². The zero-order valence-electron chi connectivity index (χ0n) is 24.1. The first-order valence-corrected chi connectivity index (χ1v) is 13.2. The van der Waals surface area contributed by atoms with Gasteiger partial charge < -0.3 is 38.3 Å². The molecule has 2 saturated carbocycles. The molecular formula is C28H36O13. The number of methoxy groups -OCH3 is 3. The molecule has 4 fully saturated rings. The number of hydrogen-bond donors (Lipinski definition) is 1. The Balaban J connectivity index is 2.03. The number of hydrogen-bond acceptors (Lipinski definition) is 13. The van der Waals surface area contributed by atoms with Crippen LogP contribution in [0.2, 0.25) is 0 Å². The number of aliphatic hydroxyl groups is 1. The molecule has 13 heteroatoms. The third-order valence-corrected chi connectivity index (χ3v) is 9.29. The van der Waals surface area contributed by atoms with Crippen molar-refractivity contribution < 1.29 is 62.2 Å². The van der Waals surface area contributed by atoms with Crippen LogP contribution in [0.5, 0.6) is 0 Å². The third kappa shape index (κ3) is 4.08. The Hall–Kier alpha value is -3.13. The van der Waals surface area contributed by atoms with Gasteiger partial charge in [-0.25, -0.2) is 14.4 Å². The molecule has 2 aliphatic carbocycles. The van der Waals surface area contributed by atoms with Gasteiger partial charge in [-0.2, -0.15) is 0 Å². The van der Waals surface area contributed by atoms with E-state index >= 15 is 0 Å². The van der Waals surface area contributed by atoms with Gasteiger partial charge in [0.05, 0.1) is 44.9 Å². The second-order valence-corrected chi connectivity index (χ2v) is 10.8. The number of aliphatic hydroxyl groups excluding tert-OH is 1. The van der Waals surface area contributed by atoms with E-state index in [1.165, 1.54) is 26.0 Å². The van der Waals surface area contributed by atoms with Crippen LogP contribution < -0.4 is 0 Å². The standard InChI is InChI=1S/C28H36O13/c1-8-13(3)22(31)40-16-10-15(29)26(24(33)35-5)11-38-18-17(30)19(41-23(32)14(4)9-2)21-27(16,20(18)26)12-39-28(21,37-7)25(34)36-6/h8-9,15-16,18-21,29H,10-12H2,1-7H3/b13-8+,14-9+/t15-,16+,18+,19?,20+,21+,26+,27+,28+/m1/s1. The molecule has 13 nitrogen and oxygen atoms in total. The Morgan fingerprint density at radius 3 is 2.02 bits per heavy atom. The number of Topliss-reactive ketones (excluding diaryl/α,β-unsaturated/α-hetero) is 1. The van der Waals surface area contributed by atoms with Crippen molar-refractivity contribution in [2.75, 3.05) is 34.5 Å². The van der Waals surface area contributed by atoms with Gasteiger partial charge in [0.2, 0.25) is 5.78 Å². The lowest BCUT2D eigenvalue weighted by Crippen LogP contribution is -2.74. The van der Waals surface area contributed by atoms with Crippen LogP contribution in [0.3, 0.4) is 0 Å². The van der Waals surface area contributed by atoms with Crippen molar-refractivity contribution in [3.05, 3.63) is 23.3 Å². The van der Waals surface area contributed by atoms with Gasteiger partial charge in [0, 0.05) is 30.6 Å². The van der Waals surface area contributed by atoms with Crippen LogP contribution in [-0.2, 0) is 57.1 Å². The van der Waals surface area contributed by atoms with Crippen molar-refractivity contribution >= 4 is 29.7 Å². The molecule has 0 aromatic rings. The number of ketones is 1. The van der Waals surface area contributed by atoms with Crippen molar-refractivity contribution in [2.24, 2.45) is 22.7 Å². The smallest absolute Gasteiger partial charge is 0.367 e. The highest BCUT2D eigenvalue weighted by molar-refractivity contribution is 5.97. The maximum Gasteiger partial charge on any atom is 0.367 e. The second kappa shape index (κ2) is 10.9. The Morgan fingerprint density at radius 1 is 0.902 bits per heavy atom. The van der Waals surface area contributed by atoms with Crippen LogP contribution in [-0.4, -0.2) is 99.5 Å². The number of esters is 4. The van der Waals surface area contributed by atoms with E-state index < -0.39 is 95.7 Å². The first-order valence-electron chi connectivity index (χ1n) is 13.2. The zero-order chi connectivity index (χ0) is 30.5. The minimum atomic E-state index is -2.32. The highest BCUT2D eigenvalue weighted by Gasteiger charge is 2.85. The maximum atomic E-state index is 14.1. The summed E-state index contributed by atoms with van der Waals surface area (Å²) in [5.41, 5.74) is -3.01. The molecule has 0 aromatic heterocycles. The Morgan fingerprint density at radius 2 is 1.49 bits per heavy atom. The first-order chi connectivity index (χ1) is 19.4. The van der Waals surface area contributed by atoms with Gasteiger partial charge in [-0.05, 0) is 27.7 Å². The number of ether oxygens (including phenoxy) is 7. The minimum Gasteiger partial charge on any atom is -0.468 e. The third-order valence-electron chi connectivity index (χ3n) is 9.29. The van der Waals surface area contributed by atoms with Gasteiger partial charge in [-0.1, -0.05) is 12.2 Å². The quantitative estimate of drug-likeness (QED) is 0.250. The molecule has 1 spiro atoms. The van der Waals surface area contributed by atoms with Gasteiger partial charge in [-0.15, -0.1) is 0 Å². The lowest BCUT2D eigenvalue weighted by Gasteiger charge is -2.59. The summed E-state index contributed by atoms with van der Waals surface area (Å²) in [6, 6.07) is 0. The second-order valence-electron chi connectivity index (χ2n) is 10.8. The molecule has 4 rings (SSSR count). The van der Waals surface area contributed by atoms with Crippen LogP contribution in [0.1, 0.15) is 34.1 Å². The predicted octanol–water partition coefficient (Wildman–Crippen LogP) is 0.413. The van der Waals surface area contributed by atoms with Gasteiger partial charge in [0.1, 0.15) is 17.6 Å². The average molecular weight is 581 g/mol. The van der Waals surface area contributed by atoms with E-state index in [4.69, 9.17) is 33.2 Å². The van der Waals surface area contributed by atoms with Crippen molar-refractivity contribution in [3.8, 4) is 0 Å². The SMILES string of the molecule is C/C=C(\C)C(=O)OC1C(=O)[C@@H]2OC[C@]3(C(=O)OC)[C@H](O)C[C@H](OC(=O)/C(C)=C/C)[C@@]4(CO[C@](OC)(C(=O)OC)[C@@H]14)[C@@H]23. The van der Waals surface area contributed by atoms with Gasteiger partial charge in [0.15, 0.2) is 6.10 Å². The normalized spacial score (nSPS) is 39.9. The van der Waals surface area contributed by atoms with Gasteiger partial charge >= 0.3 is 23.9 Å². The fourth-order valence-corrected chi connectivity index (χ4v) is 7.04. The molecular weight excluding hydrogens is 544 g/mol. The zero-order valence-corrected chi connectivity index (χ0v) is 24.1. The molecule has 9 atom stereocenters. The Bertz CT molecular complexity index is 1210. The predicted molar refractivity (Wildman–Crippen MR) is 136 cm³/mol. The molecule has 0 radical (unpaired) electrons. The number of carbonyl (C=O) groups is 5. The molecule has 4 aliphatic rings. The summed E-state index contributed by atoms with van der Waals surface area (Å²) in [5, 5.41) is 11.5. The Labute approximate surface area is 237 Å². The first kappa shape index (κ1) is 30.8. The maximum absolute atomic E-state index is 14.1. The summed E-state index contributed by atoms with van der Waals surface area (Å²) in [6.07, 6.45) is -3.16. The van der Waals surface area contributed by atoms with Crippen molar-refractivity contribution in [1.82, 2.24) is 0 Å². The summed E-state index contributed by atoms with van der Waals surface area (Å²) >= 11 is 0. The van der Waals surface area contributed by atoms with E-state index in [1.807, 2.05) is 0 Å². The molecule has 0 aromatic carbocycles. The van der Waals surface area contributed by atoms with Crippen LogP contribution in [0, 0.1) is 22.7 Å². The fourth-order valence-electron chi connectivity index (χ4n) is 7.04. The molecule has 2 heterocycles. The molecule has 2 saturated heterocycles. The molecule has 226 valence electrons. The topological polar surface area (TPSA) is 170 Å². The lowest BCUT2D eigenvalue weighted by molar-refractivity contribution is -0.259. The highest BCUT2D eigenvalue weighted by Crippen LogP contribution is 2.69. The monoisotopic (exact) mass is 580 g/mol. The molecule has 0 amide bonds. The molecule has 41 heavy (non-hydrogen) atoms. The van der Waals surface area contributed by atoms with Crippen LogP contribution in [0.15, 0.2) is 23.3 Å². The summed E-state index contributed by atoms with van der Waals surface area (Å²) in [6.45, 7) is 5.44. The van der Waals surface area contributed by atoms with Crippen LogP contribution in [0.4, 0.5) is 0 Å². The molecule has 1 unspecified atom stereocenters. The minimum absolute atomic E-state index is 0.177. The molecule has 2 aliphatic heterocycles. The van der Waals surface area contributed by atoms with Crippen LogP contribution in [0.25, 0.3) is 0 Å². The summed E-state index contributed by atoms with van der Waals surface area (Å²) in [4.78, 5) is 67.1. The van der Waals surface area contributed by atoms with Crippen molar-refractivity contribution in [1.29, 1.82) is 0 Å². The summed E-state index contributed by atoms with van der Waals surface area (Å²) in [7, 11) is 3.38. The summed E-state index contributed by atoms with van der Waals surface area (Å²) in [5.74, 6) is -9.31. The van der Waals surface area contributed by atoms with E-state index in [-0.39, 0.29) is 17.6 Å². The van der Waals surface area contributed by atoms with E-state index in [0.29, 0.717) is 0 Å². The lowest BCUT2D eigenvalue weighted by atomic mass is 9.44. The fraction of sp³-hybridized carbons (Fsp3) is 0.679. The largest absolute Gasteiger partial charge is 0.468 e. The number of carbonyl (C=O) groups excluding carboxylic acids is 5. The van der Waals surface area contributed by atoms with Gasteiger partial charge in [0.25, 0.3) is 5.79 Å². The number of rotatable bonds is 7. The summed E-state index contributed by atoms with van der Waals surface area (Å²) < 4.78 is 39.5. The molecule has 0 bridgehead atoms. The van der Waals surface area contributed by atoms with E-state index in [0.717, 1.165) is 21.3 Å². The number of allylic oxidation sites excluding steroid dienone is 2. The van der Waals surface area contributed by atoms with E-state index in [1.54, 1.807) is 13.8 Å². The van der Waals surface area contributed by atoms with E-state index in [9.17, 15) is 29.1 Å². The van der Waals surface area contributed by atoms with E-state index in [2.05, 4.69) is 0 Å². The molecule has 1 N–H and O–H groups in total. The Kier molecular flexibility index (Phi) is 8.22. The van der Waals surface area contributed by atoms with Crippen LogP contribution >= 0.6 is 0 Å².